The van der Waals surface area contributed by atoms with Gasteiger partial charge in [-0.1, -0.05) is 41.4 Å². The van der Waals surface area contributed by atoms with Gasteiger partial charge in [0.1, 0.15) is 5.82 Å². The molecule has 35 heavy (non-hydrogen) atoms. The van der Waals surface area contributed by atoms with Gasteiger partial charge in [-0.15, -0.1) is 0 Å². The Kier molecular flexibility index (Phi) is 10.4. The number of aliphatic imine (C=N–C) groups is 2. The van der Waals surface area contributed by atoms with Crippen LogP contribution < -0.4 is 22.1 Å². The maximum atomic E-state index is 14.9. The third kappa shape index (κ3) is 7.98. The van der Waals surface area contributed by atoms with Crippen LogP contribution in [-0.2, 0) is 6.54 Å². The van der Waals surface area contributed by atoms with E-state index in [9.17, 15) is 9.18 Å². The lowest BCUT2D eigenvalue weighted by atomic mass is 9.98. The number of nitrogens with one attached hydrogen (secondary N) is 2. The van der Waals surface area contributed by atoms with Gasteiger partial charge < -0.3 is 16.8 Å². The van der Waals surface area contributed by atoms with Crippen molar-refractivity contribution in [1.29, 1.82) is 0 Å². The molecule has 0 bridgehead atoms. The summed E-state index contributed by atoms with van der Waals surface area (Å²) >= 11 is 12.0. The van der Waals surface area contributed by atoms with E-state index < -0.39 is 6.03 Å². The van der Waals surface area contributed by atoms with Crippen LogP contribution in [0.5, 0.6) is 0 Å². The monoisotopic (exact) mass is 521 g/mol. The van der Waals surface area contributed by atoms with Gasteiger partial charge in [-0.2, -0.15) is 0 Å². The van der Waals surface area contributed by atoms with Crippen molar-refractivity contribution in [3.05, 3.63) is 63.4 Å². The molecule has 1 aliphatic rings. The number of halogens is 3. The molecule has 0 spiro atoms. The molecule has 1 aliphatic heterocycles. The molecule has 3 rings (SSSR count). The van der Waals surface area contributed by atoms with Crippen molar-refractivity contribution < 1.29 is 9.18 Å². The lowest BCUT2D eigenvalue weighted by molar-refractivity contribution is 0.256. The molecule has 0 saturated heterocycles. The topological polar surface area (TPSA) is 121 Å². The fourth-order valence-corrected chi connectivity index (χ4v) is 3.96. The Morgan fingerprint density at radius 2 is 1.86 bits per heavy atom. The summed E-state index contributed by atoms with van der Waals surface area (Å²) in [5.74, 6) is -0.309. The van der Waals surface area contributed by atoms with E-state index in [2.05, 4.69) is 25.5 Å². The summed E-state index contributed by atoms with van der Waals surface area (Å²) in [5.41, 5.74) is 13.0. The summed E-state index contributed by atoms with van der Waals surface area (Å²) in [6.45, 7) is 3.62. The lowest BCUT2D eigenvalue weighted by Gasteiger charge is -2.23. The highest BCUT2D eigenvalue weighted by Gasteiger charge is 2.18. The number of hydrogen-bond acceptors (Lipinski definition) is 6. The molecule has 0 fully saturated rings. The molecular formula is C24H30Cl2FN7O. The van der Waals surface area contributed by atoms with Gasteiger partial charge >= 0.3 is 6.03 Å². The highest BCUT2D eigenvalue weighted by molar-refractivity contribution is 6.44. The molecule has 11 heteroatoms. The van der Waals surface area contributed by atoms with Gasteiger partial charge in [-0.25, -0.2) is 19.2 Å². The zero-order valence-electron chi connectivity index (χ0n) is 19.3. The van der Waals surface area contributed by atoms with Crippen LogP contribution in [0.4, 0.5) is 14.9 Å². The standard InChI is InChI=1S/C24H30Cl2FN7O/c25-19-4-1-5-21(22(19)26)32-24(35)33-23-30-13-18(14-31-23)16-6-7-17(20(27)12-16)15-34(10-2-8-28)11-3-9-29/h1,4-7,12-13,18H,2-3,8-11,14-15,28-29H2,(H2,31,32,33,35). The normalized spacial score (nSPS) is 15.3. The summed E-state index contributed by atoms with van der Waals surface area (Å²) in [6.07, 6.45) is 3.35. The van der Waals surface area contributed by atoms with E-state index >= 15 is 0 Å². The molecule has 1 atom stereocenters. The van der Waals surface area contributed by atoms with E-state index in [-0.39, 0.29) is 22.7 Å². The van der Waals surface area contributed by atoms with E-state index in [0.717, 1.165) is 31.5 Å². The zero-order chi connectivity index (χ0) is 25.2. The van der Waals surface area contributed by atoms with Gasteiger partial charge in [-0.05, 0) is 62.8 Å². The first-order valence-electron chi connectivity index (χ1n) is 11.4. The predicted octanol–water partition coefficient (Wildman–Crippen LogP) is 3.98. The molecule has 6 N–H and O–H groups in total. The quantitative estimate of drug-likeness (QED) is 0.377. The van der Waals surface area contributed by atoms with Crippen molar-refractivity contribution in [2.75, 3.05) is 38.0 Å². The van der Waals surface area contributed by atoms with Crippen LogP contribution in [-0.4, -0.2) is 55.8 Å². The minimum Gasteiger partial charge on any atom is -0.330 e. The summed E-state index contributed by atoms with van der Waals surface area (Å²) in [4.78, 5) is 22.9. The van der Waals surface area contributed by atoms with Crippen LogP contribution in [0.25, 0.3) is 0 Å². The highest BCUT2D eigenvalue weighted by atomic mass is 35.5. The summed E-state index contributed by atoms with van der Waals surface area (Å²) in [6, 6.07) is 9.59. The van der Waals surface area contributed by atoms with Crippen molar-refractivity contribution in [2.45, 2.75) is 25.3 Å². The van der Waals surface area contributed by atoms with Gasteiger partial charge in [0.15, 0.2) is 0 Å². The maximum absolute atomic E-state index is 14.9. The molecular weight excluding hydrogens is 492 g/mol. The molecule has 1 heterocycles. The summed E-state index contributed by atoms with van der Waals surface area (Å²) in [7, 11) is 0. The molecule has 0 aromatic heterocycles. The Labute approximate surface area is 214 Å². The average Bonchev–Trinajstić information content (AvgIpc) is 2.85. The third-order valence-electron chi connectivity index (χ3n) is 5.50. The second kappa shape index (κ2) is 13.5. The molecule has 1 unspecified atom stereocenters. The number of rotatable bonds is 10. The van der Waals surface area contributed by atoms with Gasteiger partial charge in [0.25, 0.3) is 0 Å². The van der Waals surface area contributed by atoms with Crippen LogP contribution in [0.3, 0.4) is 0 Å². The third-order valence-corrected chi connectivity index (χ3v) is 6.31. The SMILES string of the molecule is NCCCN(CCCN)Cc1ccc(C2C=NC(NC(=O)Nc3cccc(Cl)c3Cl)=NC2)cc1F. The largest absolute Gasteiger partial charge is 0.330 e. The number of urea groups is 1. The predicted molar refractivity (Wildman–Crippen MR) is 141 cm³/mol. The number of guanidine groups is 1. The van der Waals surface area contributed by atoms with Crippen molar-refractivity contribution >= 4 is 47.1 Å². The molecule has 2 aromatic carbocycles. The molecule has 2 amide bonds. The minimum atomic E-state index is -0.548. The number of carbonyl (C=O) groups excluding carboxylic acids is 1. The van der Waals surface area contributed by atoms with Crippen molar-refractivity contribution in [1.82, 2.24) is 10.2 Å². The molecule has 2 aromatic rings. The van der Waals surface area contributed by atoms with Crippen LogP contribution in [0.15, 0.2) is 46.4 Å². The average molecular weight is 522 g/mol. The second-order valence-corrected chi connectivity index (χ2v) is 8.93. The van der Waals surface area contributed by atoms with E-state index in [1.165, 1.54) is 6.07 Å². The van der Waals surface area contributed by atoms with E-state index in [4.69, 9.17) is 34.7 Å². The Balaban J connectivity index is 1.57. The van der Waals surface area contributed by atoms with E-state index in [1.807, 2.05) is 6.07 Å². The van der Waals surface area contributed by atoms with Gasteiger partial charge in [0.2, 0.25) is 5.96 Å². The minimum absolute atomic E-state index is 0.157. The molecule has 0 radical (unpaired) electrons. The number of nitrogens with two attached hydrogens (primary N) is 2. The summed E-state index contributed by atoms with van der Waals surface area (Å²) in [5, 5.41) is 5.74. The number of nitrogens with zero attached hydrogens (tertiary/aromatic N) is 3. The van der Waals surface area contributed by atoms with Crippen molar-refractivity contribution in [2.24, 2.45) is 21.5 Å². The molecule has 188 valence electrons. The lowest BCUT2D eigenvalue weighted by Crippen LogP contribution is -2.35. The van der Waals surface area contributed by atoms with Gasteiger partial charge in [0, 0.05) is 24.2 Å². The van der Waals surface area contributed by atoms with Crippen LogP contribution in [0.1, 0.15) is 29.9 Å². The van der Waals surface area contributed by atoms with E-state index in [1.54, 1.807) is 30.5 Å². The van der Waals surface area contributed by atoms with Gasteiger partial charge in [-0.3, -0.25) is 10.2 Å². The number of hydrogen-bond donors (Lipinski definition) is 4. The number of benzene rings is 2. The van der Waals surface area contributed by atoms with Crippen LogP contribution in [0.2, 0.25) is 10.0 Å². The Morgan fingerprint density at radius 1 is 1.11 bits per heavy atom. The smallest absolute Gasteiger partial charge is 0.326 e. The first-order chi connectivity index (χ1) is 16.9. The summed E-state index contributed by atoms with van der Waals surface area (Å²) < 4.78 is 14.9. The fraction of sp³-hybridized carbons (Fsp3) is 0.375. The van der Waals surface area contributed by atoms with Crippen LogP contribution in [0, 0.1) is 5.82 Å². The molecule has 0 saturated carbocycles. The van der Waals surface area contributed by atoms with Crippen LogP contribution >= 0.6 is 23.2 Å². The Bertz CT molecular complexity index is 1070. The first kappa shape index (κ1) is 27.0. The van der Waals surface area contributed by atoms with Crippen molar-refractivity contribution in [3.8, 4) is 0 Å². The zero-order valence-corrected chi connectivity index (χ0v) is 20.8. The fourth-order valence-electron chi connectivity index (χ4n) is 3.62. The number of carbonyl (C=O) groups is 1. The second-order valence-electron chi connectivity index (χ2n) is 8.14. The number of anilines is 1. The molecule has 0 aliphatic carbocycles. The molecule has 8 nitrogen and oxygen atoms in total. The Morgan fingerprint density at radius 3 is 2.49 bits per heavy atom. The van der Waals surface area contributed by atoms with Gasteiger partial charge in [0.05, 0.1) is 22.3 Å². The highest BCUT2D eigenvalue weighted by Crippen LogP contribution is 2.29. The Hall–Kier alpha value is -2.56. The number of amides is 2. The first-order valence-corrected chi connectivity index (χ1v) is 12.2. The van der Waals surface area contributed by atoms with E-state index in [0.29, 0.717) is 42.5 Å². The maximum Gasteiger partial charge on any atom is 0.326 e. The van der Waals surface area contributed by atoms with Crippen molar-refractivity contribution in [3.63, 3.8) is 0 Å².